The fourth-order valence-electron chi connectivity index (χ4n) is 2.58. The van der Waals surface area contributed by atoms with Crippen LogP contribution in [0.1, 0.15) is 10.4 Å². The predicted octanol–water partition coefficient (Wildman–Crippen LogP) is 2.04. The van der Waals surface area contributed by atoms with E-state index in [2.05, 4.69) is 0 Å². The molecule has 0 fully saturated rings. The number of nitrogens with zero attached hydrogens (tertiary/aromatic N) is 1. The van der Waals surface area contributed by atoms with Crippen molar-refractivity contribution in [3.63, 3.8) is 0 Å². The number of ether oxygens (including phenoxy) is 3. The van der Waals surface area contributed by atoms with Crippen LogP contribution >= 0.6 is 0 Å². The first-order valence-electron chi connectivity index (χ1n) is 8.02. The standard InChI is InChI=1S/C19H17NO7/c1-24-16-8-7-12(9-17(16)25-2)14(21)11-26-18(22)10-20-13-5-3-4-6-15(13)27-19(20)23/h3-9H,10-11H2,1-2H3. The third kappa shape index (κ3) is 3.84. The van der Waals surface area contributed by atoms with E-state index >= 15 is 0 Å². The van der Waals surface area contributed by atoms with Crippen LogP contribution in [0.25, 0.3) is 11.1 Å². The summed E-state index contributed by atoms with van der Waals surface area (Å²) in [6.45, 7) is -0.812. The zero-order valence-corrected chi connectivity index (χ0v) is 14.8. The van der Waals surface area contributed by atoms with Gasteiger partial charge in [0, 0.05) is 5.56 Å². The number of methoxy groups -OCH3 is 2. The summed E-state index contributed by atoms with van der Waals surface area (Å²) >= 11 is 0. The van der Waals surface area contributed by atoms with E-state index in [1.165, 1.54) is 20.3 Å². The molecule has 0 atom stereocenters. The number of Topliss-reactive ketones (excluding diaryl/α,β-unsaturated/α-hetero) is 1. The van der Waals surface area contributed by atoms with Gasteiger partial charge in [-0.1, -0.05) is 12.1 Å². The van der Waals surface area contributed by atoms with Gasteiger partial charge in [-0.25, -0.2) is 4.79 Å². The van der Waals surface area contributed by atoms with E-state index in [4.69, 9.17) is 18.6 Å². The minimum absolute atomic E-state index is 0.311. The average Bonchev–Trinajstić information content (AvgIpc) is 3.00. The van der Waals surface area contributed by atoms with Crippen LogP contribution in [0, 0.1) is 0 Å². The summed E-state index contributed by atoms with van der Waals surface area (Å²) in [7, 11) is 2.95. The van der Waals surface area contributed by atoms with Gasteiger partial charge in [0.05, 0.1) is 19.7 Å². The van der Waals surface area contributed by atoms with Crippen LogP contribution in [0.3, 0.4) is 0 Å². The molecule has 8 heteroatoms. The lowest BCUT2D eigenvalue weighted by Crippen LogP contribution is -2.23. The van der Waals surface area contributed by atoms with E-state index in [1.54, 1.807) is 36.4 Å². The third-order valence-electron chi connectivity index (χ3n) is 3.93. The second-order valence-corrected chi connectivity index (χ2v) is 5.58. The third-order valence-corrected chi connectivity index (χ3v) is 3.93. The lowest BCUT2D eigenvalue weighted by Gasteiger charge is -2.09. The van der Waals surface area contributed by atoms with Gasteiger partial charge in [0.25, 0.3) is 0 Å². The van der Waals surface area contributed by atoms with Crippen molar-refractivity contribution in [3.05, 3.63) is 58.6 Å². The van der Waals surface area contributed by atoms with Gasteiger partial charge in [0.15, 0.2) is 29.5 Å². The van der Waals surface area contributed by atoms with Gasteiger partial charge in [0.2, 0.25) is 0 Å². The van der Waals surface area contributed by atoms with Gasteiger partial charge in [-0.15, -0.1) is 0 Å². The second-order valence-electron chi connectivity index (χ2n) is 5.58. The highest BCUT2D eigenvalue weighted by Gasteiger charge is 2.16. The summed E-state index contributed by atoms with van der Waals surface area (Å²) in [4.78, 5) is 36.1. The highest BCUT2D eigenvalue weighted by atomic mass is 16.5. The Morgan fingerprint density at radius 2 is 1.78 bits per heavy atom. The van der Waals surface area contributed by atoms with Gasteiger partial charge in [-0.2, -0.15) is 0 Å². The second kappa shape index (κ2) is 7.77. The molecule has 0 aliphatic rings. The molecule has 0 N–H and O–H groups in total. The highest BCUT2D eigenvalue weighted by Crippen LogP contribution is 2.27. The Hall–Kier alpha value is -3.55. The number of benzene rings is 2. The predicted molar refractivity (Wildman–Crippen MR) is 95.3 cm³/mol. The van der Waals surface area contributed by atoms with Gasteiger partial charge in [0.1, 0.15) is 6.54 Å². The molecule has 0 unspecified atom stereocenters. The Morgan fingerprint density at radius 3 is 2.52 bits per heavy atom. The number of esters is 1. The number of carbonyl (C=O) groups excluding carboxylic acids is 2. The van der Waals surface area contributed by atoms with Gasteiger partial charge >= 0.3 is 11.7 Å². The SMILES string of the molecule is COc1ccc(C(=O)COC(=O)Cn2c(=O)oc3ccccc32)cc1OC. The zero-order valence-electron chi connectivity index (χ0n) is 14.8. The minimum atomic E-state index is -0.725. The first-order valence-corrected chi connectivity index (χ1v) is 8.02. The Kier molecular flexibility index (Phi) is 5.25. The van der Waals surface area contributed by atoms with Crippen LogP contribution in [-0.4, -0.2) is 37.1 Å². The molecule has 0 spiro atoms. The molecular weight excluding hydrogens is 354 g/mol. The number of ketones is 1. The Balaban J connectivity index is 1.66. The molecule has 0 saturated heterocycles. The van der Waals surface area contributed by atoms with Gasteiger partial charge in [-0.05, 0) is 30.3 Å². The lowest BCUT2D eigenvalue weighted by molar-refractivity contribution is -0.143. The quantitative estimate of drug-likeness (QED) is 0.463. The minimum Gasteiger partial charge on any atom is -0.493 e. The van der Waals surface area contributed by atoms with Crippen molar-refractivity contribution in [2.75, 3.05) is 20.8 Å². The molecule has 0 bridgehead atoms. The van der Waals surface area contributed by atoms with Crippen molar-refractivity contribution in [1.29, 1.82) is 0 Å². The molecule has 1 aromatic heterocycles. The van der Waals surface area contributed by atoms with Crippen molar-refractivity contribution >= 4 is 22.9 Å². The fourth-order valence-corrected chi connectivity index (χ4v) is 2.58. The van der Waals surface area contributed by atoms with Crippen LogP contribution in [0.2, 0.25) is 0 Å². The van der Waals surface area contributed by atoms with Crippen molar-refractivity contribution in [2.24, 2.45) is 0 Å². The molecule has 0 amide bonds. The summed E-state index contributed by atoms with van der Waals surface area (Å²) in [6.07, 6.45) is 0. The molecule has 0 aliphatic carbocycles. The molecule has 3 rings (SSSR count). The molecule has 2 aromatic carbocycles. The van der Waals surface area contributed by atoms with E-state index in [0.29, 0.717) is 28.2 Å². The molecule has 27 heavy (non-hydrogen) atoms. The number of oxazole rings is 1. The van der Waals surface area contributed by atoms with Gasteiger partial charge < -0.3 is 18.6 Å². The van der Waals surface area contributed by atoms with E-state index in [9.17, 15) is 14.4 Å². The van der Waals surface area contributed by atoms with E-state index in [1.807, 2.05) is 0 Å². The fraction of sp³-hybridized carbons (Fsp3) is 0.211. The van der Waals surface area contributed by atoms with Crippen LogP contribution < -0.4 is 15.2 Å². The molecule has 0 aliphatic heterocycles. The number of rotatable bonds is 7. The first kappa shape index (κ1) is 18.2. The smallest absolute Gasteiger partial charge is 0.420 e. The molecule has 1 heterocycles. The van der Waals surface area contributed by atoms with Crippen LogP contribution in [0.5, 0.6) is 11.5 Å². The topological polar surface area (TPSA) is 97.0 Å². The maximum Gasteiger partial charge on any atom is 0.420 e. The maximum absolute atomic E-state index is 12.2. The van der Waals surface area contributed by atoms with Crippen molar-refractivity contribution in [1.82, 2.24) is 4.57 Å². The Morgan fingerprint density at radius 1 is 1.04 bits per heavy atom. The van der Waals surface area contributed by atoms with Crippen LogP contribution in [0.4, 0.5) is 0 Å². The maximum atomic E-state index is 12.2. The molecule has 0 radical (unpaired) electrons. The van der Waals surface area contributed by atoms with Crippen molar-refractivity contribution < 1.29 is 28.2 Å². The summed E-state index contributed by atoms with van der Waals surface area (Å²) in [5, 5.41) is 0. The van der Waals surface area contributed by atoms with Crippen LogP contribution in [-0.2, 0) is 16.1 Å². The average molecular weight is 371 g/mol. The van der Waals surface area contributed by atoms with Crippen molar-refractivity contribution in [3.8, 4) is 11.5 Å². The zero-order chi connectivity index (χ0) is 19.4. The van der Waals surface area contributed by atoms with E-state index in [0.717, 1.165) is 4.57 Å². The molecule has 140 valence electrons. The summed E-state index contributed by atoms with van der Waals surface area (Å²) < 4.78 is 21.5. The number of aromatic nitrogens is 1. The normalized spacial score (nSPS) is 10.6. The molecule has 8 nitrogen and oxygen atoms in total. The molecule has 3 aromatic rings. The number of hydrogen-bond acceptors (Lipinski definition) is 7. The Bertz CT molecular complexity index is 1050. The molecular formula is C19H17NO7. The number of hydrogen-bond donors (Lipinski definition) is 0. The largest absolute Gasteiger partial charge is 0.493 e. The highest BCUT2D eigenvalue weighted by molar-refractivity contribution is 5.98. The van der Waals surface area contributed by atoms with Gasteiger partial charge in [-0.3, -0.25) is 14.2 Å². The monoisotopic (exact) mass is 371 g/mol. The molecule has 0 saturated carbocycles. The van der Waals surface area contributed by atoms with E-state index < -0.39 is 24.1 Å². The van der Waals surface area contributed by atoms with E-state index in [-0.39, 0.29) is 6.54 Å². The summed E-state index contributed by atoms with van der Waals surface area (Å²) in [5.41, 5.74) is 1.16. The number of fused-ring (bicyclic) bond motifs is 1. The lowest BCUT2D eigenvalue weighted by atomic mass is 10.1. The van der Waals surface area contributed by atoms with Crippen molar-refractivity contribution in [2.45, 2.75) is 6.54 Å². The first-order chi connectivity index (χ1) is 13.0. The Labute approximate surface area is 153 Å². The number of carbonyl (C=O) groups is 2. The number of para-hydroxylation sites is 2. The summed E-state index contributed by atoms with van der Waals surface area (Å²) in [6, 6.07) is 11.4. The van der Waals surface area contributed by atoms with Crippen LogP contribution in [0.15, 0.2) is 51.7 Å². The summed E-state index contributed by atoms with van der Waals surface area (Å²) in [5.74, 6) is -0.922.